The number of nitrogens with zero attached hydrogens (tertiary/aromatic N) is 2. The molecule has 0 unspecified atom stereocenters. The van der Waals surface area contributed by atoms with Crippen LogP contribution in [0.25, 0.3) is 35.3 Å². The van der Waals surface area contributed by atoms with Gasteiger partial charge in [-0.1, -0.05) is 86.7 Å². The van der Waals surface area contributed by atoms with E-state index in [9.17, 15) is 0 Å². The number of rotatable bonds is 6. The van der Waals surface area contributed by atoms with Crippen LogP contribution >= 0.6 is 0 Å². The molecule has 0 N–H and O–H groups in total. The summed E-state index contributed by atoms with van der Waals surface area (Å²) in [5, 5.41) is 0. The highest BCUT2D eigenvalue weighted by atomic mass is 14.8. The third kappa shape index (κ3) is 4.72. The SMILES string of the molecule is CCc1ccc(/C=C/c2nc3ccccc3nc2/C=C/c2ccc(CC)cc2)cc1. The van der Waals surface area contributed by atoms with Gasteiger partial charge in [-0.15, -0.1) is 0 Å². The average molecular weight is 391 g/mol. The summed E-state index contributed by atoms with van der Waals surface area (Å²) < 4.78 is 0. The van der Waals surface area contributed by atoms with Gasteiger partial charge in [-0.25, -0.2) is 9.97 Å². The van der Waals surface area contributed by atoms with Gasteiger partial charge in [0.15, 0.2) is 0 Å². The first-order chi connectivity index (χ1) is 14.7. The van der Waals surface area contributed by atoms with E-state index in [-0.39, 0.29) is 0 Å². The Hall–Kier alpha value is -3.52. The molecular formula is C28H26N2. The van der Waals surface area contributed by atoms with E-state index >= 15 is 0 Å². The van der Waals surface area contributed by atoms with Gasteiger partial charge in [-0.05, 0) is 59.4 Å². The molecule has 2 heteroatoms. The average Bonchev–Trinajstić information content (AvgIpc) is 2.81. The van der Waals surface area contributed by atoms with Crippen molar-refractivity contribution < 1.29 is 0 Å². The molecule has 0 spiro atoms. The maximum atomic E-state index is 4.86. The van der Waals surface area contributed by atoms with E-state index < -0.39 is 0 Å². The van der Waals surface area contributed by atoms with Crippen LogP contribution in [0.5, 0.6) is 0 Å². The number of hydrogen-bond donors (Lipinski definition) is 0. The number of benzene rings is 3. The van der Waals surface area contributed by atoms with Gasteiger partial charge in [0.2, 0.25) is 0 Å². The topological polar surface area (TPSA) is 25.8 Å². The van der Waals surface area contributed by atoms with Crippen molar-refractivity contribution in [3.8, 4) is 0 Å². The van der Waals surface area contributed by atoms with Gasteiger partial charge in [0.05, 0.1) is 22.4 Å². The third-order valence-electron chi connectivity index (χ3n) is 5.27. The van der Waals surface area contributed by atoms with Crippen molar-refractivity contribution in [3.63, 3.8) is 0 Å². The van der Waals surface area contributed by atoms with Crippen LogP contribution in [0.2, 0.25) is 0 Å². The van der Waals surface area contributed by atoms with Gasteiger partial charge in [0.25, 0.3) is 0 Å². The highest BCUT2D eigenvalue weighted by Gasteiger charge is 2.04. The van der Waals surface area contributed by atoms with Gasteiger partial charge in [-0.3, -0.25) is 0 Å². The van der Waals surface area contributed by atoms with Crippen molar-refractivity contribution in [2.45, 2.75) is 26.7 Å². The summed E-state index contributed by atoms with van der Waals surface area (Å²) in [6, 6.07) is 25.3. The van der Waals surface area contributed by atoms with Crippen molar-refractivity contribution in [3.05, 3.63) is 106 Å². The Balaban J connectivity index is 1.69. The first kappa shape index (κ1) is 19.8. The Bertz CT molecular complexity index is 1090. The van der Waals surface area contributed by atoms with E-state index in [4.69, 9.17) is 9.97 Å². The van der Waals surface area contributed by atoms with Crippen LogP contribution in [0.4, 0.5) is 0 Å². The highest BCUT2D eigenvalue weighted by molar-refractivity contribution is 5.82. The molecule has 0 radical (unpaired) electrons. The van der Waals surface area contributed by atoms with E-state index in [1.165, 1.54) is 11.1 Å². The monoisotopic (exact) mass is 390 g/mol. The lowest BCUT2D eigenvalue weighted by Crippen LogP contribution is -1.93. The van der Waals surface area contributed by atoms with Crippen LogP contribution in [-0.4, -0.2) is 9.97 Å². The number of fused-ring (bicyclic) bond motifs is 1. The molecule has 0 aliphatic carbocycles. The van der Waals surface area contributed by atoms with Crippen molar-refractivity contribution in [2.24, 2.45) is 0 Å². The lowest BCUT2D eigenvalue weighted by atomic mass is 10.1. The summed E-state index contributed by atoms with van der Waals surface area (Å²) >= 11 is 0. The maximum Gasteiger partial charge on any atom is 0.0894 e. The molecule has 0 bridgehead atoms. The molecule has 1 aromatic heterocycles. The lowest BCUT2D eigenvalue weighted by Gasteiger charge is -2.04. The fourth-order valence-corrected chi connectivity index (χ4v) is 3.35. The molecule has 4 aromatic rings. The molecule has 0 atom stereocenters. The number of aromatic nitrogens is 2. The molecule has 148 valence electrons. The van der Waals surface area contributed by atoms with Crippen molar-refractivity contribution in [1.82, 2.24) is 9.97 Å². The van der Waals surface area contributed by atoms with Crippen molar-refractivity contribution in [1.29, 1.82) is 0 Å². The molecule has 0 saturated heterocycles. The van der Waals surface area contributed by atoms with Gasteiger partial charge in [0, 0.05) is 0 Å². The Kier molecular flexibility index (Phi) is 6.14. The van der Waals surface area contributed by atoms with Crippen LogP contribution in [0.15, 0.2) is 72.8 Å². The second kappa shape index (κ2) is 9.32. The summed E-state index contributed by atoms with van der Waals surface area (Å²) in [4.78, 5) is 9.73. The van der Waals surface area contributed by atoms with E-state index in [2.05, 4.69) is 86.7 Å². The lowest BCUT2D eigenvalue weighted by molar-refractivity contribution is 1.14. The molecule has 0 aliphatic rings. The van der Waals surface area contributed by atoms with E-state index in [1.807, 2.05) is 24.3 Å². The van der Waals surface area contributed by atoms with E-state index in [1.54, 1.807) is 0 Å². The highest BCUT2D eigenvalue weighted by Crippen LogP contribution is 2.18. The second-order valence-electron chi connectivity index (χ2n) is 7.34. The van der Waals surface area contributed by atoms with E-state index in [0.717, 1.165) is 46.4 Å². The summed E-state index contributed by atoms with van der Waals surface area (Å²) in [5.74, 6) is 0. The number of aryl methyl sites for hydroxylation is 2. The molecule has 4 rings (SSSR count). The fourth-order valence-electron chi connectivity index (χ4n) is 3.35. The van der Waals surface area contributed by atoms with E-state index in [0.29, 0.717) is 0 Å². The summed E-state index contributed by atoms with van der Waals surface area (Å²) in [6.45, 7) is 4.34. The first-order valence-corrected chi connectivity index (χ1v) is 10.6. The normalized spacial score (nSPS) is 11.7. The minimum absolute atomic E-state index is 0.870. The number of para-hydroxylation sites is 2. The van der Waals surface area contributed by atoms with Crippen LogP contribution in [-0.2, 0) is 12.8 Å². The molecule has 1 heterocycles. The van der Waals surface area contributed by atoms with Gasteiger partial charge in [-0.2, -0.15) is 0 Å². The Morgan fingerprint density at radius 1 is 0.533 bits per heavy atom. The Labute approximate surface area is 178 Å². The van der Waals surface area contributed by atoms with Crippen LogP contribution in [0.3, 0.4) is 0 Å². The zero-order chi connectivity index (χ0) is 20.8. The zero-order valence-corrected chi connectivity index (χ0v) is 17.5. The molecule has 0 saturated carbocycles. The maximum absolute atomic E-state index is 4.86. The first-order valence-electron chi connectivity index (χ1n) is 10.6. The fraction of sp³-hybridized carbons (Fsp3) is 0.143. The molecular weight excluding hydrogens is 364 g/mol. The molecule has 2 nitrogen and oxygen atoms in total. The molecule has 30 heavy (non-hydrogen) atoms. The standard InChI is InChI=1S/C28H26N2/c1-3-21-9-13-23(14-10-21)17-19-27-28(30-26-8-6-5-7-25(26)29-27)20-18-24-15-11-22(4-2)12-16-24/h5-20H,3-4H2,1-2H3/b19-17+,20-18+. The second-order valence-corrected chi connectivity index (χ2v) is 7.34. The summed E-state index contributed by atoms with van der Waals surface area (Å²) in [6.07, 6.45) is 10.4. The smallest absolute Gasteiger partial charge is 0.0894 e. The van der Waals surface area contributed by atoms with Crippen LogP contribution < -0.4 is 0 Å². The third-order valence-corrected chi connectivity index (χ3v) is 5.27. The zero-order valence-electron chi connectivity index (χ0n) is 17.5. The van der Waals surface area contributed by atoms with Crippen LogP contribution in [0.1, 0.15) is 47.5 Å². The molecule has 0 fully saturated rings. The molecule has 0 aliphatic heterocycles. The van der Waals surface area contributed by atoms with Crippen LogP contribution in [0, 0.1) is 0 Å². The minimum Gasteiger partial charge on any atom is -0.245 e. The summed E-state index contributed by atoms with van der Waals surface area (Å²) in [7, 11) is 0. The summed E-state index contributed by atoms with van der Waals surface area (Å²) in [5.41, 5.74) is 8.56. The Morgan fingerprint density at radius 3 is 1.30 bits per heavy atom. The van der Waals surface area contributed by atoms with Gasteiger partial charge >= 0.3 is 0 Å². The van der Waals surface area contributed by atoms with Gasteiger partial charge < -0.3 is 0 Å². The largest absolute Gasteiger partial charge is 0.245 e. The quantitative estimate of drug-likeness (QED) is 0.351. The predicted octanol–water partition coefficient (Wildman–Crippen LogP) is 7.10. The molecule has 3 aromatic carbocycles. The predicted molar refractivity (Wildman–Crippen MR) is 129 cm³/mol. The van der Waals surface area contributed by atoms with Crippen molar-refractivity contribution >= 4 is 35.3 Å². The van der Waals surface area contributed by atoms with Crippen molar-refractivity contribution in [2.75, 3.05) is 0 Å². The number of hydrogen-bond acceptors (Lipinski definition) is 2. The van der Waals surface area contributed by atoms with Gasteiger partial charge in [0.1, 0.15) is 0 Å². The minimum atomic E-state index is 0.870. The Morgan fingerprint density at radius 2 is 0.933 bits per heavy atom. The molecule has 0 amide bonds.